The number of hydrogen-bond acceptors (Lipinski definition) is 5. The molecule has 0 bridgehead atoms. The van der Waals surface area contributed by atoms with Crippen LogP contribution < -0.4 is 0 Å². The molecule has 0 aliphatic rings. The van der Waals surface area contributed by atoms with Crippen molar-refractivity contribution in [1.29, 1.82) is 0 Å². The van der Waals surface area contributed by atoms with Crippen LogP contribution in [0.15, 0.2) is 12.2 Å². The van der Waals surface area contributed by atoms with E-state index in [1.54, 1.807) is 6.92 Å². The van der Waals surface area contributed by atoms with E-state index in [2.05, 4.69) is 11.3 Å². The molecule has 0 rings (SSSR count). The third-order valence-corrected chi connectivity index (χ3v) is 2.07. The molecule has 1 unspecified atom stereocenters. The maximum atomic E-state index is 10.5. The molecule has 6 nitrogen and oxygen atoms in total. The van der Waals surface area contributed by atoms with Gasteiger partial charge in [0, 0.05) is 0 Å². The van der Waals surface area contributed by atoms with Crippen molar-refractivity contribution < 1.29 is 29.1 Å². The van der Waals surface area contributed by atoms with E-state index in [-0.39, 0.29) is 6.61 Å². The molecule has 0 amide bonds. The number of hydrogen-bond donors (Lipinski definition) is 1. The number of rotatable bonds is 9. The molecular weight excluding hydrogens is 240 g/mol. The highest BCUT2D eigenvalue weighted by Gasteiger charge is 2.22. The zero-order valence-electron chi connectivity index (χ0n) is 11.4. The van der Waals surface area contributed by atoms with Crippen molar-refractivity contribution in [2.75, 3.05) is 13.2 Å². The Morgan fingerprint density at radius 2 is 2.06 bits per heavy atom. The molecule has 1 atom stereocenters. The summed E-state index contributed by atoms with van der Waals surface area (Å²) in [6, 6.07) is 0. The lowest BCUT2D eigenvalue weighted by molar-refractivity contribution is -0.416. The average Bonchev–Trinajstić information content (AvgIpc) is 2.24. The van der Waals surface area contributed by atoms with Gasteiger partial charge in [0.25, 0.3) is 6.29 Å². The van der Waals surface area contributed by atoms with Crippen LogP contribution in [-0.4, -0.2) is 36.4 Å². The first-order chi connectivity index (χ1) is 8.26. The van der Waals surface area contributed by atoms with Gasteiger partial charge in [0.05, 0.1) is 12.2 Å². The van der Waals surface area contributed by atoms with E-state index in [4.69, 9.17) is 19.6 Å². The highest BCUT2D eigenvalue weighted by atomic mass is 17.2. The summed E-state index contributed by atoms with van der Waals surface area (Å²) < 4.78 is 9.65. The van der Waals surface area contributed by atoms with Crippen molar-refractivity contribution in [3.8, 4) is 0 Å². The molecule has 106 valence electrons. The summed E-state index contributed by atoms with van der Waals surface area (Å²) in [6.07, 6.45) is -1.86. The van der Waals surface area contributed by atoms with Crippen LogP contribution in [0.5, 0.6) is 0 Å². The second-order valence-corrected chi connectivity index (χ2v) is 4.58. The van der Waals surface area contributed by atoms with Gasteiger partial charge in [-0.2, -0.15) is 4.89 Å². The van der Waals surface area contributed by atoms with E-state index in [0.717, 1.165) is 5.57 Å². The molecule has 0 aliphatic carbocycles. The predicted molar refractivity (Wildman–Crippen MR) is 65.1 cm³/mol. The standard InChI is InChI=1S/C12H22O6/c1-6-12(4,5)18-17-10(16-11(13)14)8-15-7-9(2)3/h10H,2,6-8H2,1,3-5H3,(H,13,14). The van der Waals surface area contributed by atoms with Crippen LogP contribution in [0.25, 0.3) is 0 Å². The zero-order chi connectivity index (χ0) is 14.2. The second-order valence-electron chi connectivity index (χ2n) is 4.58. The first-order valence-corrected chi connectivity index (χ1v) is 5.73. The van der Waals surface area contributed by atoms with Crippen LogP contribution in [0, 0.1) is 0 Å². The molecule has 0 spiro atoms. The fourth-order valence-corrected chi connectivity index (χ4v) is 0.766. The molecule has 0 aromatic heterocycles. The van der Waals surface area contributed by atoms with Gasteiger partial charge in [-0.25, -0.2) is 9.68 Å². The molecular formula is C12H22O6. The largest absolute Gasteiger partial charge is 0.508 e. The molecule has 1 N–H and O–H groups in total. The van der Waals surface area contributed by atoms with Gasteiger partial charge in [-0.1, -0.05) is 19.1 Å². The van der Waals surface area contributed by atoms with Crippen LogP contribution >= 0.6 is 0 Å². The summed E-state index contributed by atoms with van der Waals surface area (Å²) in [7, 11) is 0. The minimum absolute atomic E-state index is 0.0566. The minimum atomic E-state index is -1.45. The van der Waals surface area contributed by atoms with Crippen LogP contribution in [0.4, 0.5) is 4.79 Å². The van der Waals surface area contributed by atoms with Gasteiger partial charge in [-0.15, -0.1) is 0 Å². The smallest absolute Gasteiger partial charge is 0.450 e. The van der Waals surface area contributed by atoms with Crippen molar-refractivity contribution >= 4 is 6.16 Å². The molecule has 0 heterocycles. The summed E-state index contributed by atoms with van der Waals surface area (Å²) in [6.45, 7) is 11.3. The van der Waals surface area contributed by atoms with E-state index >= 15 is 0 Å². The number of carboxylic acid groups (broad SMARTS) is 1. The SMILES string of the molecule is C=C(C)COCC(OOC(C)(C)CC)OC(=O)O. The summed E-state index contributed by atoms with van der Waals surface area (Å²) >= 11 is 0. The Morgan fingerprint density at radius 1 is 1.44 bits per heavy atom. The fourth-order valence-electron chi connectivity index (χ4n) is 0.766. The van der Waals surface area contributed by atoms with Crippen LogP contribution in [0.3, 0.4) is 0 Å². The van der Waals surface area contributed by atoms with Gasteiger partial charge in [0.15, 0.2) is 0 Å². The number of ether oxygens (including phenoxy) is 2. The van der Waals surface area contributed by atoms with Crippen molar-refractivity contribution in [2.24, 2.45) is 0 Å². The molecule has 0 aromatic carbocycles. The van der Waals surface area contributed by atoms with Gasteiger partial charge >= 0.3 is 6.16 Å². The van der Waals surface area contributed by atoms with Crippen LogP contribution in [-0.2, 0) is 19.2 Å². The van der Waals surface area contributed by atoms with Gasteiger partial charge in [-0.3, -0.25) is 0 Å². The molecule has 0 radical (unpaired) electrons. The number of carbonyl (C=O) groups is 1. The maximum Gasteiger partial charge on any atom is 0.508 e. The normalized spacial score (nSPS) is 13.1. The van der Waals surface area contributed by atoms with E-state index < -0.39 is 18.0 Å². The van der Waals surface area contributed by atoms with Crippen molar-refractivity contribution in [1.82, 2.24) is 0 Å². The van der Waals surface area contributed by atoms with Crippen LogP contribution in [0.1, 0.15) is 34.1 Å². The van der Waals surface area contributed by atoms with E-state index in [1.165, 1.54) is 0 Å². The Balaban J connectivity index is 4.14. The van der Waals surface area contributed by atoms with Crippen LogP contribution in [0.2, 0.25) is 0 Å². The zero-order valence-corrected chi connectivity index (χ0v) is 11.4. The maximum absolute atomic E-state index is 10.5. The molecule has 0 fully saturated rings. The van der Waals surface area contributed by atoms with Crippen molar-refractivity contribution in [3.63, 3.8) is 0 Å². The lowest BCUT2D eigenvalue weighted by Crippen LogP contribution is -2.32. The first kappa shape index (κ1) is 16.9. The lowest BCUT2D eigenvalue weighted by atomic mass is 10.1. The molecule has 18 heavy (non-hydrogen) atoms. The molecule has 0 saturated heterocycles. The highest BCUT2D eigenvalue weighted by molar-refractivity contribution is 5.56. The van der Waals surface area contributed by atoms with Gasteiger partial charge in [-0.05, 0) is 27.2 Å². The minimum Gasteiger partial charge on any atom is -0.450 e. The topological polar surface area (TPSA) is 74.2 Å². The molecule has 6 heteroatoms. The molecule has 0 aromatic rings. The third-order valence-electron chi connectivity index (χ3n) is 2.07. The second kappa shape index (κ2) is 8.07. The van der Waals surface area contributed by atoms with Gasteiger partial charge in [0.2, 0.25) is 0 Å². The van der Waals surface area contributed by atoms with Gasteiger partial charge < -0.3 is 14.6 Å². The van der Waals surface area contributed by atoms with Gasteiger partial charge in [0.1, 0.15) is 6.61 Å². The summed E-state index contributed by atoms with van der Waals surface area (Å²) in [4.78, 5) is 20.5. The fraction of sp³-hybridized carbons (Fsp3) is 0.750. The van der Waals surface area contributed by atoms with Crippen molar-refractivity contribution in [2.45, 2.75) is 46.0 Å². The Hall–Kier alpha value is -1.11. The van der Waals surface area contributed by atoms with E-state index in [1.807, 2.05) is 20.8 Å². The summed E-state index contributed by atoms with van der Waals surface area (Å²) in [5.41, 5.74) is 0.299. The quantitative estimate of drug-likeness (QED) is 0.226. The van der Waals surface area contributed by atoms with Crippen molar-refractivity contribution in [3.05, 3.63) is 12.2 Å². The Bertz CT molecular complexity index is 274. The molecule has 0 saturated carbocycles. The lowest BCUT2D eigenvalue weighted by Gasteiger charge is -2.24. The predicted octanol–water partition coefficient (Wildman–Crippen LogP) is 2.74. The Morgan fingerprint density at radius 3 is 2.50 bits per heavy atom. The van der Waals surface area contributed by atoms with E-state index in [9.17, 15) is 4.79 Å². The first-order valence-electron chi connectivity index (χ1n) is 5.73. The van der Waals surface area contributed by atoms with E-state index in [0.29, 0.717) is 13.0 Å². The third kappa shape index (κ3) is 8.98. The highest BCUT2D eigenvalue weighted by Crippen LogP contribution is 2.15. The monoisotopic (exact) mass is 262 g/mol. The summed E-state index contributed by atoms with van der Waals surface area (Å²) in [5, 5.41) is 8.55. The average molecular weight is 262 g/mol. The summed E-state index contributed by atoms with van der Waals surface area (Å²) in [5.74, 6) is 0. The Labute approximate surface area is 107 Å². The Kier molecular flexibility index (Phi) is 7.58. The molecule has 0 aliphatic heterocycles.